The van der Waals surface area contributed by atoms with Gasteiger partial charge in [-0.15, -0.1) is 0 Å². The zero-order valence-corrected chi connectivity index (χ0v) is 12.0. The second-order valence-electron chi connectivity index (χ2n) is 5.34. The first-order valence-corrected chi connectivity index (χ1v) is 7.40. The molecule has 0 aromatic heterocycles. The van der Waals surface area contributed by atoms with Crippen LogP contribution in [-0.4, -0.2) is 30.3 Å². The fourth-order valence-corrected chi connectivity index (χ4v) is 2.50. The molecule has 0 bridgehead atoms. The molecule has 2 unspecified atom stereocenters. The van der Waals surface area contributed by atoms with Crippen molar-refractivity contribution in [1.29, 1.82) is 0 Å². The van der Waals surface area contributed by atoms with E-state index in [1.165, 1.54) is 0 Å². The molecule has 0 spiro atoms. The maximum atomic E-state index is 12.0. The molecule has 2 atom stereocenters. The molecule has 20 heavy (non-hydrogen) atoms. The first kappa shape index (κ1) is 14.9. The van der Waals surface area contributed by atoms with Crippen LogP contribution < -0.4 is 10.1 Å². The Kier molecular flexibility index (Phi) is 5.41. The van der Waals surface area contributed by atoms with E-state index in [4.69, 9.17) is 4.74 Å². The predicted molar refractivity (Wildman–Crippen MR) is 77.9 cm³/mol. The fourth-order valence-electron chi connectivity index (χ4n) is 2.50. The van der Waals surface area contributed by atoms with Gasteiger partial charge in [-0.2, -0.15) is 0 Å². The molecule has 0 radical (unpaired) electrons. The third-order valence-electron chi connectivity index (χ3n) is 3.73. The summed E-state index contributed by atoms with van der Waals surface area (Å²) in [6, 6.07) is 7.17. The molecule has 1 aliphatic rings. The molecule has 1 aromatic carbocycles. The molecule has 0 heterocycles. The molecule has 1 amide bonds. The molecule has 1 saturated carbocycles. The van der Waals surface area contributed by atoms with Crippen LogP contribution in [0.5, 0.6) is 5.75 Å². The van der Waals surface area contributed by atoms with Gasteiger partial charge in [0.1, 0.15) is 5.75 Å². The second kappa shape index (κ2) is 7.29. The van der Waals surface area contributed by atoms with E-state index in [1.807, 2.05) is 12.1 Å². The molecule has 4 heteroatoms. The Morgan fingerprint density at radius 2 is 2.10 bits per heavy atom. The Bertz CT molecular complexity index is 430. The number of aliphatic hydroxyl groups is 1. The summed E-state index contributed by atoms with van der Waals surface area (Å²) in [6.45, 7) is 3.29. The van der Waals surface area contributed by atoms with Gasteiger partial charge in [-0.05, 0) is 43.5 Å². The minimum Gasteiger partial charge on any atom is -0.494 e. The van der Waals surface area contributed by atoms with E-state index in [0.29, 0.717) is 18.7 Å². The number of aliphatic hydroxyl groups excluding tert-OH is 1. The molecule has 1 fully saturated rings. The van der Waals surface area contributed by atoms with E-state index in [9.17, 15) is 9.90 Å². The van der Waals surface area contributed by atoms with Gasteiger partial charge in [0.2, 0.25) is 0 Å². The summed E-state index contributed by atoms with van der Waals surface area (Å²) in [4.78, 5) is 12.0. The number of hydrogen-bond acceptors (Lipinski definition) is 3. The lowest BCUT2D eigenvalue weighted by atomic mass is 10.1. The topological polar surface area (TPSA) is 58.6 Å². The van der Waals surface area contributed by atoms with Gasteiger partial charge in [0.15, 0.2) is 0 Å². The quantitative estimate of drug-likeness (QED) is 0.839. The van der Waals surface area contributed by atoms with E-state index in [-0.39, 0.29) is 17.9 Å². The third-order valence-corrected chi connectivity index (χ3v) is 3.73. The molecule has 4 nitrogen and oxygen atoms in total. The van der Waals surface area contributed by atoms with Crippen molar-refractivity contribution in [3.8, 4) is 5.75 Å². The highest BCUT2D eigenvalue weighted by molar-refractivity contribution is 5.94. The maximum absolute atomic E-state index is 12.0. The predicted octanol–water partition coefficient (Wildman–Crippen LogP) is 2.37. The smallest absolute Gasteiger partial charge is 0.251 e. The van der Waals surface area contributed by atoms with Crippen LogP contribution in [0.1, 0.15) is 43.0 Å². The summed E-state index contributed by atoms with van der Waals surface area (Å²) < 4.78 is 5.48. The van der Waals surface area contributed by atoms with Crippen molar-refractivity contribution in [2.24, 2.45) is 5.92 Å². The minimum atomic E-state index is -0.264. The van der Waals surface area contributed by atoms with Crippen LogP contribution in [0.3, 0.4) is 0 Å². The van der Waals surface area contributed by atoms with Gasteiger partial charge in [-0.1, -0.05) is 13.3 Å². The normalized spacial score (nSPS) is 21.7. The van der Waals surface area contributed by atoms with Crippen molar-refractivity contribution in [2.45, 2.75) is 38.7 Å². The zero-order valence-electron chi connectivity index (χ0n) is 12.0. The molecular formula is C16H23NO3. The number of carbonyl (C=O) groups is 1. The average Bonchev–Trinajstić information content (AvgIpc) is 2.88. The number of amides is 1. The zero-order chi connectivity index (χ0) is 14.4. The number of nitrogens with one attached hydrogen (secondary N) is 1. The summed E-state index contributed by atoms with van der Waals surface area (Å²) in [7, 11) is 0. The fraction of sp³-hybridized carbons (Fsp3) is 0.562. The van der Waals surface area contributed by atoms with Crippen LogP contribution in [0.25, 0.3) is 0 Å². The standard InChI is InChI=1S/C16H23NO3/c1-2-10-20-14-8-6-12(7-9-14)16(19)17-11-13-4-3-5-15(13)18/h6-9,13,15,18H,2-5,10-11H2,1H3,(H,17,19). The Balaban J connectivity index is 1.82. The van der Waals surface area contributed by atoms with Crippen molar-refractivity contribution < 1.29 is 14.6 Å². The van der Waals surface area contributed by atoms with Gasteiger partial charge in [0.25, 0.3) is 5.91 Å². The first-order valence-electron chi connectivity index (χ1n) is 7.40. The van der Waals surface area contributed by atoms with E-state index in [1.54, 1.807) is 12.1 Å². The number of benzene rings is 1. The SMILES string of the molecule is CCCOc1ccc(C(=O)NCC2CCCC2O)cc1. The van der Waals surface area contributed by atoms with Crippen molar-refractivity contribution in [2.75, 3.05) is 13.2 Å². The summed E-state index contributed by atoms with van der Waals surface area (Å²) in [6.07, 6.45) is 3.59. The van der Waals surface area contributed by atoms with Crippen molar-refractivity contribution >= 4 is 5.91 Å². The van der Waals surface area contributed by atoms with E-state index < -0.39 is 0 Å². The average molecular weight is 277 g/mol. The van der Waals surface area contributed by atoms with Crippen molar-refractivity contribution in [3.63, 3.8) is 0 Å². The van der Waals surface area contributed by atoms with Gasteiger partial charge >= 0.3 is 0 Å². The Hall–Kier alpha value is -1.55. The summed E-state index contributed by atoms with van der Waals surface area (Å²) in [5.74, 6) is 0.895. The summed E-state index contributed by atoms with van der Waals surface area (Å²) in [5.41, 5.74) is 0.626. The van der Waals surface area contributed by atoms with E-state index >= 15 is 0 Å². The largest absolute Gasteiger partial charge is 0.494 e. The summed E-state index contributed by atoms with van der Waals surface area (Å²) >= 11 is 0. The Morgan fingerprint density at radius 3 is 2.70 bits per heavy atom. The minimum absolute atomic E-state index is 0.0915. The van der Waals surface area contributed by atoms with Gasteiger partial charge in [-0.25, -0.2) is 0 Å². The monoisotopic (exact) mass is 277 g/mol. The van der Waals surface area contributed by atoms with E-state index in [0.717, 1.165) is 31.4 Å². The van der Waals surface area contributed by atoms with Gasteiger partial charge in [-0.3, -0.25) is 4.79 Å². The molecule has 2 rings (SSSR count). The molecular weight excluding hydrogens is 254 g/mol. The molecule has 110 valence electrons. The van der Waals surface area contributed by atoms with Crippen LogP contribution in [0.4, 0.5) is 0 Å². The number of hydrogen-bond donors (Lipinski definition) is 2. The second-order valence-corrected chi connectivity index (χ2v) is 5.34. The highest BCUT2D eigenvalue weighted by Gasteiger charge is 2.25. The highest BCUT2D eigenvalue weighted by atomic mass is 16.5. The maximum Gasteiger partial charge on any atom is 0.251 e. The van der Waals surface area contributed by atoms with Crippen LogP contribution >= 0.6 is 0 Å². The molecule has 0 saturated heterocycles. The third kappa shape index (κ3) is 3.97. The van der Waals surface area contributed by atoms with Gasteiger partial charge in [0.05, 0.1) is 12.7 Å². The van der Waals surface area contributed by atoms with Crippen LogP contribution in [0.15, 0.2) is 24.3 Å². The number of carbonyl (C=O) groups excluding carboxylic acids is 1. The number of rotatable bonds is 6. The van der Waals surface area contributed by atoms with Crippen molar-refractivity contribution in [3.05, 3.63) is 29.8 Å². The Labute approximate surface area is 120 Å². The molecule has 2 N–H and O–H groups in total. The van der Waals surface area contributed by atoms with Crippen LogP contribution in [-0.2, 0) is 0 Å². The van der Waals surface area contributed by atoms with Gasteiger partial charge < -0.3 is 15.2 Å². The highest BCUT2D eigenvalue weighted by Crippen LogP contribution is 2.24. The van der Waals surface area contributed by atoms with Crippen LogP contribution in [0.2, 0.25) is 0 Å². The van der Waals surface area contributed by atoms with Gasteiger partial charge in [0, 0.05) is 18.0 Å². The lowest BCUT2D eigenvalue weighted by Gasteiger charge is -2.15. The Morgan fingerprint density at radius 1 is 1.35 bits per heavy atom. The van der Waals surface area contributed by atoms with E-state index in [2.05, 4.69) is 12.2 Å². The van der Waals surface area contributed by atoms with Crippen LogP contribution in [0, 0.1) is 5.92 Å². The first-order chi connectivity index (χ1) is 9.70. The number of ether oxygens (including phenoxy) is 1. The lowest BCUT2D eigenvalue weighted by molar-refractivity contribution is 0.0917. The lowest BCUT2D eigenvalue weighted by Crippen LogP contribution is -2.32. The molecule has 0 aliphatic heterocycles. The molecule has 1 aliphatic carbocycles. The van der Waals surface area contributed by atoms with Crippen molar-refractivity contribution in [1.82, 2.24) is 5.32 Å². The molecule has 1 aromatic rings. The summed E-state index contributed by atoms with van der Waals surface area (Å²) in [5, 5.41) is 12.6.